The van der Waals surface area contributed by atoms with Crippen molar-refractivity contribution in [3.05, 3.63) is 117 Å². The van der Waals surface area contributed by atoms with E-state index >= 15 is 0 Å². The summed E-state index contributed by atoms with van der Waals surface area (Å²) in [4.78, 5) is 52.4. The predicted molar refractivity (Wildman–Crippen MR) is 256 cm³/mol. The summed E-state index contributed by atoms with van der Waals surface area (Å²) in [5, 5.41) is 18.9. The number of carbonyl (C=O) groups is 4. The van der Waals surface area contributed by atoms with Gasteiger partial charge in [-0.1, -0.05) is 132 Å². The van der Waals surface area contributed by atoms with Crippen LogP contribution >= 0.6 is 0 Å². The Labute approximate surface area is 415 Å². The summed E-state index contributed by atoms with van der Waals surface area (Å²) in [6.45, 7) is 26.2. The first-order chi connectivity index (χ1) is 29.9. The molecule has 2 aromatic rings. The van der Waals surface area contributed by atoms with Crippen LogP contribution in [0.4, 0.5) is 22.7 Å². The molecule has 0 saturated heterocycles. The Morgan fingerprint density at radius 1 is 0.364 bits per heavy atom. The zero-order valence-corrected chi connectivity index (χ0v) is 42.8. The summed E-state index contributed by atoms with van der Waals surface area (Å²) in [6.07, 6.45) is 15.2. The number of carbonyl (C=O) groups excluding carboxylic acids is 4. The van der Waals surface area contributed by atoms with Gasteiger partial charge in [-0.3, -0.25) is 19.2 Å². The molecule has 0 spiro atoms. The molecular weight excluding hydrogens is 920 g/mol. The number of hydrogen-bond donors (Lipinski definition) is 0. The van der Waals surface area contributed by atoms with E-state index in [1.165, 1.54) is 0 Å². The Hall–Kier alpha value is -3.68. The fourth-order valence-electron chi connectivity index (χ4n) is 14.2. The van der Waals surface area contributed by atoms with Gasteiger partial charge in [0.2, 0.25) is 0 Å². The number of ketones is 4. The number of rotatable bonds is 8. The molecule has 8 bridgehead atoms. The Kier molecular flexibility index (Phi) is 12.5. The summed E-state index contributed by atoms with van der Waals surface area (Å²) in [7, 11) is 0. The standard InChI is InChI=1S/2C28H36N2O2.2Cu/c2*1-25(2)19-11-13-27(25,5)23(31)17(19)15-29-21-9-7-8-10-22(21)30-16-18-20-12-14-28(6,24(18)32)26(20,3)4;;/h2*7-10,15-16,19-20H,11-14H2,1-6H3,(H2,29,30,31,32);;/q;;2*+2/p-4/t2*19-,20-,27+,28+;;/m11../s1. The second-order valence-electron chi connectivity index (χ2n) is 23.7. The smallest absolute Gasteiger partial charge is 0.665 e. The van der Waals surface area contributed by atoms with Crippen LogP contribution in [0.15, 0.2) is 95.6 Å². The maximum absolute atomic E-state index is 13.1. The van der Waals surface area contributed by atoms with Gasteiger partial charge >= 0.3 is 34.1 Å². The van der Waals surface area contributed by atoms with E-state index in [1.54, 1.807) is 24.8 Å². The van der Waals surface area contributed by atoms with Crippen molar-refractivity contribution >= 4 is 45.9 Å². The topological polar surface area (TPSA) is 125 Å². The van der Waals surface area contributed by atoms with Crippen LogP contribution in [0.3, 0.4) is 0 Å². The van der Waals surface area contributed by atoms with E-state index in [1.807, 2.05) is 48.5 Å². The van der Waals surface area contributed by atoms with Crippen molar-refractivity contribution in [1.82, 2.24) is 0 Å². The van der Waals surface area contributed by atoms with E-state index < -0.39 is 0 Å². The summed E-state index contributed by atoms with van der Waals surface area (Å²) >= 11 is 0. The molecule has 10 heteroatoms. The van der Waals surface area contributed by atoms with E-state index in [9.17, 15) is 19.2 Å². The molecule has 0 heterocycles. The summed E-state index contributed by atoms with van der Waals surface area (Å²) in [5.41, 5.74) is 5.15. The average molecular weight is 988 g/mol. The molecule has 8 nitrogen and oxygen atoms in total. The van der Waals surface area contributed by atoms with Crippen LogP contribution in [0.1, 0.15) is 134 Å². The van der Waals surface area contributed by atoms with E-state index in [2.05, 4.69) is 83.1 Å². The number of para-hydroxylation sites is 4. The fraction of sp³-hybridized carbons (Fsp3) is 0.571. The number of fused-ring (bicyclic) bond motifs is 8. The van der Waals surface area contributed by atoms with Gasteiger partial charge in [-0.2, -0.15) is 47.5 Å². The number of Topliss-reactive ketones (excluding diaryl/α,β-unsaturated/α-hetero) is 4. The van der Waals surface area contributed by atoms with E-state index in [0.717, 1.165) is 96.4 Å². The third kappa shape index (κ3) is 6.67. The molecule has 0 unspecified atom stereocenters. The molecule has 0 aliphatic heterocycles. The van der Waals surface area contributed by atoms with Gasteiger partial charge in [-0.25, -0.2) is 0 Å². The molecule has 66 heavy (non-hydrogen) atoms. The molecule has 2 aromatic carbocycles. The van der Waals surface area contributed by atoms with E-state index in [-0.39, 0.29) is 124 Å². The summed E-state index contributed by atoms with van der Waals surface area (Å²) in [6, 6.07) is 15.4. The molecule has 358 valence electrons. The Morgan fingerprint density at radius 2 is 0.545 bits per heavy atom. The van der Waals surface area contributed by atoms with Crippen molar-refractivity contribution in [2.45, 2.75) is 134 Å². The summed E-state index contributed by atoms with van der Waals surface area (Å²) in [5.74, 6) is 2.08. The monoisotopic (exact) mass is 986 g/mol. The van der Waals surface area contributed by atoms with Gasteiger partial charge < -0.3 is 21.3 Å². The zero-order chi connectivity index (χ0) is 46.2. The first-order valence-corrected chi connectivity index (χ1v) is 23.9. The second-order valence-corrected chi connectivity index (χ2v) is 23.7. The van der Waals surface area contributed by atoms with Crippen LogP contribution in [0.5, 0.6) is 0 Å². The molecule has 2 radical (unpaired) electrons. The quantitative estimate of drug-likeness (QED) is 0.193. The predicted octanol–water partition coefficient (Wildman–Crippen LogP) is 15.0. The minimum absolute atomic E-state index is 0. The minimum Gasteiger partial charge on any atom is -0.665 e. The van der Waals surface area contributed by atoms with Gasteiger partial charge in [0.1, 0.15) is 0 Å². The molecular formula is C56H68Cu2N4O4. The van der Waals surface area contributed by atoms with Crippen LogP contribution < -0.4 is 0 Å². The molecule has 0 N–H and O–H groups in total. The average Bonchev–Trinajstić information content (AvgIpc) is 3.96. The molecule has 8 aliphatic rings. The van der Waals surface area contributed by atoms with E-state index in [4.69, 9.17) is 21.3 Å². The van der Waals surface area contributed by atoms with Gasteiger partial charge in [0.05, 0.1) is 0 Å². The van der Waals surface area contributed by atoms with Gasteiger partial charge in [-0.15, -0.1) is 0 Å². The van der Waals surface area contributed by atoms with Crippen LogP contribution in [0.25, 0.3) is 21.3 Å². The van der Waals surface area contributed by atoms with Crippen LogP contribution in [-0.4, -0.2) is 23.1 Å². The number of benzene rings is 2. The molecule has 0 amide bonds. The first-order valence-electron chi connectivity index (χ1n) is 23.9. The minimum atomic E-state index is -0.279. The maximum Gasteiger partial charge on any atom is 2.00 e. The van der Waals surface area contributed by atoms with Crippen molar-refractivity contribution in [1.29, 1.82) is 0 Å². The first kappa shape index (κ1) is 50.2. The van der Waals surface area contributed by atoms with Crippen molar-refractivity contribution in [2.75, 3.05) is 0 Å². The number of allylic oxidation sites excluding steroid dienone is 4. The second kappa shape index (κ2) is 16.5. The molecule has 8 aliphatic carbocycles. The van der Waals surface area contributed by atoms with Gasteiger partial charge in [0, 0.05) is 21.7 Å². The van der Waals surface area contributed by atoms with Crippen molar-refractivity contribution < 1.29 is 53.3 Å². The zero-order valence-electron chi connectivity index (χ0n) is 40.9. The van der Waals surface area contributed by atoms with Crippen LogP contribution in [0.2, 0.25) is 0 Å². The maximum atomic E-state index is 13.1. The Morgan fingerprint density at radius 3 is 0.697 bits per heavy atom. The van der Waals surface area contributed by atoms with Crippen molar-refractivity contribution in [3.8, 4) is 0 Å². The molecule has 8 atom stereocenters. The summed E-state index contributed by atoms with van der Waals surface area (Å²) < 4.78 is 0. The van der Waals surface area contributed by atoms with Crippen LogP contribution in [-0.2, 0) is 53.3 Å². The van der Waals surface area contributed by atoms with Crippen molar-refractivity contribution in [2.24, 2.45) is 67.0 Å². The molecule has 8 fully saturated rings. The third-order valence-corrected chi connectivity index (χ3v) is 20.6. The van der Waals surface area contributed by atoms with E-state index in [0.29, 0.717) is 0 Å². The van der Waals surface area contributed by atoms with Gasteiger partial charge in [0.15, 0.2) is 23.1 Å². The molecule has 0 aromatic heterocycles. The van der Waals surface area contributed by atoms with Crippen LogP contribution in [0, 0.1) is 67.0 Å². The number of nitrogens with zero attached hydrogens (tertiary/aromatic N) is 4. The normalized spacial score (nSPS) is 37.6. The Bertz CT molecular complexity index is 2170. The number of hydrogen-bond acceptors (Lipinski definition) is 4. The fourth-order valence-corrected chi connectivity index (χ4v) is 14.2. The van der Waals surface area contributed by atoms with Gasteiger partial charge in [-0.05, 0) is 119 Å². The van der Waals surface area contributed by atoms with Crippen molar-refractivity contribution in [3.63, 3.8) is 0 Å². The largest absolute Gasteiger partial charge is 2.00 e. The molecule has 10 rings (SSSR count). The SMILES string of the molecule is CC1(C)[C@@H]2CC[C@@]1(C)C(=O)/C2=C\[N-]c1ccccc1[N-]/C=C1\C(=O)[C@]2(C)CC[C@H]1C2(C)C.CC1(C)[C@@H]2CC[C@@]1(C)C(=O)/C2=C\[N-]c1ccccc1[N-]/C=C1\C(=O)[C@]2(C)CC[C@H]1C2(C)C.[Cu+2].[Cu+2]. The third-order valence-electron chi connectivity index (χ3n) is 20.6. The molecule has 8 saturated carbocycles. The Balaban J connectivity index is 0.000000191. The van der Waals surface area contributed by atoms with Gasteiger partial charge in [0.25, 0.3) is 0 Å².